The molecule has 7 heteroatoms. The van der Waals surface area contributed by atoms with E-state index in [4.69, 9.17) is 10.2 Å². The molecule has 2 aromatic heterocycles. The predicted molar refractivity (Wildman–Crippen MR) is 79.2 cm³/mol. The normalized spacial score (nSPS) is 11.4. The maximum absolute atomic E-state index is 11.5. The highest BCUT2D eigenvalue weighted by atomic mass is 79.9. The molecule has 104 valence electrons. The molecule has 20 heavy (non-hydrogen) atoms. The number of imidazole rings is 1. The van der Waals surface area contributed by atoms with Crippen molar-refractivity contribution in [3.05, 3.63) is 39.2 Å². The van der Waals surface area contributed by atoms with Crippen LogP contribution < -0.4 is 11.5 Å². The minimum absolute atomic E-state index is 0.363. The van der Waals surface area contributed by atoms with E-state index in [2.05, 4.69) is 20.9 Å². The first-order valence-corrected chi connectivity index (χ1v) is 6.83. The van der Waals surface area contributed by atoms with E-state index in [1.807, 2.05) is 23.7 Å². The molecule has 0 unspecified atom stereocenters. The van der Waals surface area contributed by atoms with Gasteiger partial charge in [0.15, 0.2) is 5.58 Å². The van der Waals surface area contributed by atoms with E-state index in [-0.39, 0.29) is 5.76 Å². The van der Waals surface area contributed by atoms with Crippen LogP contribution in [0.2, 0.25) is 0 Å². The number of fused-ring (bicyclic) bond motifs is 1. The zero-order valence-corrected chi connectivity index (χ0v) is 12.6. The Morgan fingerprint density at radius 1 is 1.35 bits per heavy atom. The molecule has 3 rings (SSSR count). The lowest BCUT2D eigenvalue weighted by Crippen LogP contribution is -2.08. The summed E-state index contributed by atoms with van der Waals surface area (Å²) >= 11 is 3.45. The second kappa shape index (κ2) is 4.60. The fraction of sp³-hybridized carbons (Fsp3) is 0.231. The van der Waals surface area contributed by atoms with Crippen LogP contribution in [-0.4, -0.2) is 14.1 Å². The van der Waals surface area contributed by atoms with Crippen LogP contribution in [0.25, 0.3) is 22.4 Å². The van der Waals surface area contributed by atoms with Crippen molar-refractivity contribution in [2.45, 2.75) is 6.54 Å². The number of aryl methyl sites for hydroxylation is 1. The average molecular weight is 337 g/mol. The molecule has 0 bridgehead atoms. The summed E-state index contributed by atoms with van der Waals surface area (Å²) in [6.07, 6.45) is 0. The van der Waals surface area contributed by atoms with Crippen molar-refractivity contribution in [3.8, 4) is 11.3 Å². The van der Waals surface area contributed by atoms with Crippen LogP contribution in [0.4, 0.5) is 0 Å². The summed E-state index contributed by atoms with van der Waals surface area (Å²) in [4.78, 5) is 15.9. The summed E-state index contributed by atoms with van der Waals surface area (Å²) in [7, 11) is 3.59. The molecule has 0 aliphatic carbocycles. The van der Waals surface area contributed by atoms with Crippen molar-refractivity contribution in [2.24, 2.45) is 19.8 Å². The number of oxazole rings is 1. The number of nitrogens with two attached hydrogens (primary N) is 1. The van der Waals surface area contributed by atoms with Crippen LogP contribution in [0.3, 0.4) is 0 Å². The van der Waals surface area contributed by atoms with Gasteiger partial charge in [-0.3, -0.25) is 4.57 Å². The van der Waals surface area contributed by atoms with Crippen molar-refractivity contribution < 1.29 is 4.42 Å². The third-order valence-electron chi connectivity index (χ3n) is 3.39. The van der Waals surface area contributed by atoms with Gasteiger partial charge >= 0.3 is 5.76 Å². The standard InChI is InChI=1S/C13H13BrN4O2/c1-17-8-5-7(3-4-9(8)20-13(17)19)11-12(14)16-10(6-15)18(11)2/h3-5H,6,15H2,1-2H3. The first-order valence-electron chi connectivity index (χ1n) is 6.04. The Labute approximate surface area is 122 Å². The van der Waals surface area contributed by atoms with Gasteiger partial charge in [0.2, 0.25) is 0 Å². The fourth-order valence-electron chi connectivity index (χ4n) is 2.28. The highest BCUT2D eigenvalue weighted by Crippen LogP contribution is 2.30. The Hall–Kier alpha value is -1.86. The van der Waals surface area contributed by atoms with Crippen LogP contribution in [-0.2, 0) is 20.6 Å². The van der Waals surface area contributed by atoms with Crippen molar-refractivity contribution >= 4 is 27.0 Å². The van der Waals surface area contributed by atoms with E-state index < -0.39 is 0 Å². The summed E-state index contributed by atoms with van der Waals surface area (Å²) in [5.74, 6) is 0.414. The Bertz CT molecular complexity index is 859. The third-order valence-corrected chi connectivity index (χ3v) is 3.95. The molecule has 2 heterocycles. The molecule has 0 radical (unpaired) electrons. The summed E-state index contributed by atoms with van der Waals surface area (Å²) in [5.41, 5.74) is 8.84. The molecule has 0 aliphatic rings. The fourth-order valence-corrected chi connectivity index (χ4v) is 2.98. The molecule has 0 amide bonds. The average Bonchev–Trinajstić information content (AvgIpc) is 2.87. The zero-order chi connectivity index (χ0) is 14.4. The summed E-state index contributed by atoms with van der Waals surface area (Å²) in [6, 6.07) is 5.59. The van der Waals surface area contributed by atoms with Crippen LogP contribution in [0.15, 0.2) is 32.0 Å². The smallest absolute Gasteiger partial charge is 0.408 e. The zero-order valence-electron chi connectivity index (χ0n) is 11.1. The Balaban J connectivity index is 2.27. The summed E-state index contributed by atoms with van der Waals surface area (Å²) < 4.78 is 9.27. The lowest BCUT2D eigenvalue weighted by molar-refractivity contribution is 0.528. The van der Waals surface area contributed by atoms with Gasteiger partial charge in [0, 0.05) is 19.7 Å². The van der Waals surface area contributed by atoms with Crippen molar-refractivity contribution in [3.63, 3.8) is 0 Å². The van der Waals surface area contributed by atoms with E-state index in [9.17, 15) is 4.79 Å². The van der Waals surface area contributed by atoms with Gasteiger partial charge < -0.3 is 14.7 Å². The molecule has 1 aromatic carbocycles. The van der Waals surface area contributed by atoms with E-state index in [1.165, 1.54) is 4.57 Å². The SMILES string of the molecule is Cn1c(CN)nc(Br)c1-c1ccc2oc(=O)n(C)c2c1. The first-order chi connectivity index (χ1) is 9.52. The van der Waals surface area contributed by atoms with Crippen LogP contribution >= 0.6 is 15.9 Å². The lowest BCUT2D eigenvalue weighted by Gasteiger charge is -2.05. The van der Waals surface area contributed by atoms with Gasteiger partial charge in [0.25, 0.3) is 0 Å². The molecule has 0 spiro atoms. The molecule has 2 N–H and O–H groups in total. The highest BCUT2D eigenvalue weighted by Gasteiger charge is 2.15. The predicted octanol–water partition coefficient (Wildman–Crippen LogP) is 1.75. The largest absolute Gasteiger partial charge is 0.419 e. The minimum Gasteiger partial charge on any atom is -0.408 e. The maximum atomic E-state index is 11.5. The molecular weight excluding hydrogens is 324 g/mol. The number of nitrogens with zero attached hydrogens (tertiary/aromatic N) is 3. The Morgan fingerprint density at radius 3 is 2.75 bits per heavy atom. The van der Waals surface area contributed by atoms with Crippen LogP contribution in [0, 0.1) is 0 Å². The number of rotatable bonds is 2. The molecule has 0 saturated carbocycles. The van der Waals surface area contributed by atoms with Crippen molar-refractivity contribution in [1.29, 1.82) is 0 Å². The second-order valence-electron chi connectivity index (χ2n) is 4.54. The Morgan fingerprint density at radius 2 is 2.10 bits per heavy atom. The minimum atomic E-state index is -0.371. The van der Waals surface area contributed by atoms with Crippen molar-refractivity contribution in [2.75, 3.05) is 0 Å². The Kier molecular flexibility index (Phi) is 3.02. The number of aromatic nitrogens is 3. The van der Waals surface area contributed by atoms with Crippen LogP contribution in [0.5, 0.6) is 0 Å². The molecule has 3 aromatic rings. The van der Waals surface area contributed by atoms with E-state index in [1.54, 1.807) is 13.1 Å². The molecule has 0 fully saturated rings. The van der Waals surface area contributed by atoms with Gasteiger partial charge in [-0.25, -0.2) is 9.78 Å². The molecule has 0 atom stereocenters. The van der Waals surface area contributed by atoms with Gasteiger partial charge in [0.05, 0.1) is 17.8 Å². The molecular formula is C13H13BrN4O2. The second-order valence-corrected chi connectivity index (χ2v) is 5.29. The van der Waals surface area contributed by atoms with Gasteiger partial charge in [-0.15, -0.1) is 0 Å². The van der Waals surface area contributed by atoms with Crippen LogP contribution in [0.1, 0.15) is 5.82 Å². The number of halogens is 1. The quantitative estimate of drug-likeness (QED) is 0.773. The van der Waals surface area contributed by atoms with Gasteiger partial charge in [0.1, 0.15) is 10.4 Å². The number of hydrogen-bond donors (Lipinski definition) is 1. The monoisotopic (exact) mass is 336 g/mol. The number of benzene rings is 1. The van der Waals surface area contributed by atoms with E-state index in [0.717, 1.165) is 27.2 Å². The topological polar surface area (TPSA) is 79.0 Å². The molecule has 6 nitrogen and oxygen atoms in total. The third kappa shape index (κ3) is 1.82. The number of hydrogen-bond acceptors (Lipinski definition) is 4. The highest BCUT2D eigenvalue weighted by molar-refractivity contribution is 9.10. The lowest BCUT2D eigenvalue weighted by atomic mass is 10.1. The summed E-state index contributed by atoms with van der Waals surface area (Å²) in [6.45, 7) is 0.363. The molecule has 0 aliphatic heterocycles. The van der Waals surface area contributed by atoms with E-state index in [0.29, 0.717) is 12.1 Å². The van der Waals surface area contributed by atoms with E-state index >= 15 is 0 Å². The first kappa shape index (κ1) is 13.1. The van der Waals surface area contributed by atoms with Gasteiger partial charge in [-0.05, 0) is 34.1 Å². The van der Waals surface area contributed by atoms with Gasteiger partial charge in [-0.1, -0.05) is 0 Å². The maximum Gasteiger partial charge on any atom is 0.419 e. The van der Waals surface area contributed by atoms with Crippen molar-refractivity contribution in [1.82, 2.24) is 14.1 Å². The molecule has 0 saturated heterocycles. The van der Waals surface area contributed by atoms with Gasteiger partial charge in [-0.2, -0.15) is 0 Å². The summed E-state index contributed by atoms with van der Waals surface area (Å²) in [5, 5.41) is 0.